The first-order chi connectivity index (χ1) is 4.11. The van der Waals surface area contributed by atoms with Gasteiger partial charge in [0.05, 0.1) is 0 Å². The van der Waals surface area contributed by atoms with Gasteiger partial charge in [-0.1, -0.05) is 0 Å². The van der Waals surface area contributed by atoms with E-state index in [1.807, 2.05) is 0 Å². The van der Waals surface area contributed by atoms with Crippen LogP contribution in [0, 0.1) is 6.26 Å². The van der Waals surface area contributed by atoms with Gasteiger partial charge in [0.2, 0.25) is 0 Å². The summed E-state index contributed by atoms with van der Waals surface area (Å²) in [6.07, 6.45) is 6.79. The van der Waals surface area contributed by atoms with Crippen molar-refractivity contribution in [3.05, 3.63) is 25.0 Å². The van der Waals surface area contributed by atoms with Crippen molar-refractivity contribution in [2.45, 2.75) is 0 Å². The molecule has 0 unspecified atom stereocenters. The maximum absolute atomic E-state index is 10.5. The van der Waals surface area contributed by atoms with Crippen molar-refractivity contribution in [3.63, 3.8) is 0 Å². The third-order valence-electron chi connectivity index (χ3n) is 0.801. The van der Waals surface area contributed by atoms with Crippen LogP contribution in [0.2, 0.25) is 0 Å². The molecular weight excluding hydrogens is 229 g/mol. The van der Waals surface area contributed by atoms with E-state index in [9.17, 15) is 8.42 Å². The average molecular weight is 234 g/mol. The molecule has 50 valence electrons. The number of aromatic nitrogens is 2. The second-order valence-corrected chi connectivity index (χ2v) is 3.09. The molecule has 0 atom stereocenters. The fourth-order valence-electron chi connectivity index (χ4n) is 0.411. The molecule has 0 radical (unpaired) electrons. The summed E-state index contributed by atoms with van der Waals surface area (Å²) in [6, 6.07) is 0. The molecule has 1 aromatic heterocycles. The van der Waals surface area contributed by atoms with E-state index in [2.05, 4.69) is 11.2 Å². The van der Waals surface area contributed by atoms with Crippen molar-refractivity contribution in [3.8, 4) is 0 Å². The fourth-order valence-corrected chi connectivity index (χ4v) is 0.849. The SMILES string of the molecule is [CH2-]S(=O)(=O)n1ccnc1.[Y+3]. The Morgan fingerprint density at radius 1 is 1.50 bits per heavy atom. The molecule has 0 saturated carbocycles. The monoisotopic (exact) mass is 234 g/mol. The number of hydrogen-bond donors (Lipinski definition) is 0. The first-order valence-corrected chi connectivity index (χ1v) is 3.78. The van der Waals surface area contributed by atoms with Crippen LogP contribution < -0.4 is 0 Å². The van der Waals surface area contributed by atoms with Crippen LogP contribution in [0.5, 0.6) is 0 Å². The van der Waals surface area contributed by atoms with Crippen molar-refractivity contribution in [2.24, 2.45) is 0 Å². The third kappa shape index (κ3) is 2.48. The van der Waals surface area contributed by atoms with Crippen LogP contribution in [-0.4, -0.2) is 17.4 Å². The molecule has 0 bridgehead atoms. The van der Waals surface area contributed by atoms with Gasteiger partial charge in [-0.15, -0.1) is 0 Å². The molecule has 0 N–H and O–H groups in total. The van der Waals surface area contributed by atoms with E-state index < -0.39 is 10.0 Å². The van der Waals surface area contributed by atoms with Crippen molar-refractivity contribution < 1.29 is 41.1 Å². The smallest absolute Gasteiger partial charge is 0.259 e. The minimum atomic E-state index is -3.36. The van der Waals surface area contributed by atoms with Crippen molar-refractivity contribution in [1.82, 2.24) is 8.96 Å². The van der Waals surface area contributed by atoms with E-state index in [-0.39, 0.29) is 32.7 Å². The molecule has 1 aromatic rings. The van der Waals surface area contributed by atoms with Crippen LogP contribution in [0.25, 0.3) is 0 Å². The number of nitrogens with zero attached hydrogens (tertiary/aromatic N) is 2. The zero-order chi connectivity index (χ0) is 6.91. The predicted octanol–water partition coefficient (Wildman–Crippen LogP) is -0.150. The summed E-state index contributed by atoms with van der Waals surface area (Å²) in [6.45, 7) is 0. The van der Waals surface area contributed by atoms with Crippen molar-refractivity contribution in [1.29, 1.82) is 0 Å². The van der Waals surface area contributed by atoms with E-state index >= 15 is 0 Å². The molecule has 0 aliphatic heterocycles. The second-order valence-electron chi connectivity index (χ2n) is 1.50. The average Bonchev–Trinajstić information content (AvgIpc) is 2.08. The van der Waals surface area contributed by atoms with Crippen LogP contribution in [-0.2, 0) is 42.7 Å². The Morgan fingerprint density at radius 2 is 2.10 bits per heavy atom. The molecule has 0 fully saturated rings. The van der Waals surface area contributed by atoms with Crippen LogP contribution in [0.15, 0.2) is 18.7 Å². The van der Waals surface area contributed by atoms with Gasteiger partial charge in [-0.3, -0.25) is 3.97 Å². The van der Waals surface area contributed by atoms with Crippen molar-refractivity contribution >= 4 is 10.0 Å². The Labute approximate surface area is 84.6 Å². The van der Waals surface area contributed by atoms with Crippen LogP contribution in [0.3, 0.4) is 0 Å². The van der Waals surface area contributed by atoms with Gasteiger partial charge in [-0.25, -0.2) is 19.7 Å². The van der Waals surface area contributed by atoms with Gasteiger partial charge in [0.25, 0.3) is 0 Å². The molecular formula is C4H5N2O2SY+2. The van der Waals surface area contributed by atoms with E-state index in [0.29, 0.717) is 0 Å². The first-order valence-electron chi connectivity index (χ1n) is 2.17. The number of imidazole rings is 1. The molecule has 1 heterocycles. The van der Waals surface area contributed by atoms with Crippen molar-refractivity contribution in [2.75, 3.05) is 0 Å². The molecule has 1 rings (SSSR count). The molecule has 0 aliphatic rings. The van der Waals surface area contributed by atoms with Crippen LogP contribution >= 0.6 is 0 Å². The van der Waals surface area contributed by atoms with Crippen LogP contribution in [0.1, 0.15) is 0 Å². The molecule has 0 spiro atoms. The summed E-state index contributed by atoms with van der Waals surface area (Å²) >= 11 is 0. The Morgan fingerprint density at radius 3 is 2.30 bits per heavy atom. The molecule has 10 heavy (non-hydrogen) atoms. The second kappa shape index (κ2) is 3.60. The molecule has 0 amide bonds. The Bertz CT molecular complexity index is 278. The summed E-state index contributed by atoms with van der Waals surface area (Å²) < 4.78 is 21.9. The maximum Gasteiger partial charge on any atom is 3.00 e. The molecule has 4 nitrogen and oxygen atoms in total. The summed E-state index contributed by atoms with van der Waals surface area (Å²) in [5.41, 5.74) is 0. The van der Waals surface area contributed by atoms with E-state index in [0.717, 1.165) is 3.97 Å². The third-order valence-corrected chi connectivity index (χ3v) is 1.66. The number of rotatable bonds is 1. The van der Waals surface area contributed by atoms with Crippen LogP contribution in [0.4, 0.5) is 0 Å². The summed E-state index contributed by atoms with van der Waals surface area (Å²) in [5.74, 6) is 0. The Balaban J connectivity index is 0.000000810. The predicted molar refractivity (Wildman–Crippen MR) is 31.9 cm³/mol. The van der Waals surface area contributed by atoms with Gasteiger partial charge in [-0.2, -0.15) is 0 Å². The summed E-state index contributed by atoms with van der Waals surface area (Å²) in [4.78, 5) is 3.53. The van der Waals surface area contributed by atoms with E-state index in [1.54, 1.807) is 0 Å². The van der Waals surface area contributed by atoms with E-state index in [4.69, 9.17) is 0 Å². The minimum Gasteiger partial charge on any atom is -0.259 e. The molecule has 6 heteroatoms. The number of hydrogen-bond acceptors (Lipinski definition) is 3. The van der Waals surface area contributed by atoms with Gasteiger partial charge < -0.3 is 0 Å². The summed E-state index contributed by atoms with van der Waals surface area (Å²) in [5, 5.41) is 0. The Kier molecular flexibility index (Phi) is 3.69. The molecule has 0 aromatic carbocycles. The topological polar surface area (TPSA) is 52.0 Å². The van der Waals surface area contributed by atoms with Gasteiger partial charge in [0.1, 0.15) is 16.4 Å². The van der Waals surface area contributed by atoms with Gasteiger partial charge in [-0.05, 0) is 0 Å². The Hall–Kier alpha value is 0.264. The van der Waals surface area contributed by atoms with E-state index in [1.165, 1.54) is 18.7 Å². The fraction of sp³-hybridized carbons (Fsp3) is 0. The first kappa shape index (κ1) is 10.3. The standard InChI is InChI=1S/C4H5N2O2S.Y/c1-9(7,8)6-3-2-5-4-6;/h2-4H,1H2;/q-1;+3. The summed E-state index contributed by atoms with van der Waals surface area (Å²) in [7, 11) is -3.36. The normalized spacial score (nSPS) is 10.5. The molecule has 0 aliphatic carbocycles. The zero-order valence-corrected chi connectivity index (χ0v) is 8.79. The molecule has 0 saturated heterocycles. The minimum absolute atomic E-state index is 0. The zero-order valence-electron chi connectivity index (χ0n) is 5.14. The quantitative estimate of drug-likeness (QED) is 0.635. The maximum atomic E-state index is 10.5. The van der Waals surface area contributed by atoms with Gasteiger partial charge in [0, 0.05) is 12.4 Å². The van der Waals surface area contributed by atoms with Gasteiger partial charge in [0.15, 0.2) is 0 Å². The largest absolute Gasteiger partial charge is 3.00 e. The van der Waals surface area contributed by atoms with Gasteiger partial charge >= 0.3 is 32.7 Å².